The number of hydrogen-bond donors (Lipinski definition) is 2. The van der Waals surface area contributed by atoms with Crippen molar-refractivity contribution in [2.75, 3.05) is 5.32 Å². The zero-order valence-corrected chi connectivity index (χ0v) is 10.3. The first-order valence-corrected chi connectivity index (χ1v) is 5.64. The van der Waals surface area contributed by atoms with Crippen molar-refractivity contribution in [2.24, 2.45) is 0 Å². The molecule has 19 heavy (non-hydrogen) atoms. The third-order valence-corrected chi connectivity index (χ3v) is 2.63. The summed E-state index contributed by atoms with van der Waals surface area (Å²) in [5, 5.41) is 11.5. The highest BCUT2D eigenvalue weighted by atomic mass is 16.4. The molecule has 0 spiro atoms. The Morgan fingerprint density at radius 1 is 1.21 bits per heavy atom. The Labute approximate surface area is 109 Å². The first kappa shape index (κ1) is 12.8. The van der Waals surface area contributed by atoms with Crippen LogP contribution in [0.2, 0.25) is 0 Å². The number of carboxylic acids is 1. The first-order chi connectivity index (χ1) is 9.08. The molecule has 0 aliphatic carbocycles. The summed E-state index contributed by atoms with van der Waals surface area (Å²) in [6.07, 6.45) is 1.34. The number of benzene rings is 1. The van der Waals surface area contributed by atoms with Gasteiger partial charge in [-0.2, -0.15) is 0 Å². The van der Waals surface area contributed by atoms with Crippen molar-refractivity contribution in [2.45, 2.75) is 6.92 Å². The maximum absolute atomic E-state index is 12.0. The molecule has 1 aromatic heterocycles. The molecule has 0 fully saturated rings. The Morgan fingerprint density at radius 3 is 2.63 bits per heavy atom. The van der Waals surface area contributed by atoms with Crippen LogP contribution in [0, 0.1) is 6.92 Å². The zero-order chi connectivity index (χ0) is 13.8. The zero-order valence-electron chi connectivity index (χ0n) is 10.3. The van der Waals surface area contributed by atoms with Crippen LogP contribution in [0.4, 0.5) is 5.69 Å². The van der Waals surface area contributed by atoms with Crippen LogP contribution in [0.5, 0.6) is 0 Å². The van der Waals surface area contributed by atoms with Gasteiger partial charge in [-0.25, -0.2) is 9.78 Å². The molecule has 0 radical (unpaired) electrons. The van der Waals surface area contributed by atoms with Crippen LogP contribution >= 0.6 is 0 Å². The number of rotatable bonds is 3. The van der Waals surface area contributed by atoms with E-state index in [0.29, 0.717) is 11.3 Å². The van der Waals surface area contributed by atoms with Gasteiger partial charge in [-0.1, -0.05) is 18.2 Å². The number of aromatic carboxylic acids is 1. The maximum Gasteiger partial charge on any atom is 0.354 e. The van der Waals surface area contributed by atoms with Crippen molar-refractivity contribution in [3.63, 3.8) is 0 Å². The molecular weight excluding hydrogens is 244 g/mol. The molecule has 0 atom stereocenters. The van der Waals surface area contributed by atoms with E-state index in [2.05, 4.69) is 10.3 Å². The summed E-state index contributed by atoms with van der Waals surface area (Å²) in [5.74, 6) is -1.41. The number of amides is 1. The SMILES string of the molecule is Cc1ccccc1C(=O)Nc1ccnc(C(=O)O)c1. The molecule has 96 valence electrons. The van der Waals surface area contributed by atoms with E-state index in [1.54, 1.807) is 18.2 Å². The average Bonchev–Trinajstić information content (AvgIpc) is 2.39. The van der Waals surface area contributed by atoms with Gasteiger partial charge in [0.25, 0.3) is 5.91 Å². The van der Waals surface area contributed by atoms with Gasteiger partial charge in [-0.05, 0) is 30.7 Å². The smallest absolute Gasteiger partial charge is 0.354 e. The molecule has 0 unspecified atom stereocenters. The Morgan fingerprint density at radius 2 is 1.95 bits per heavy atom. The number of pyridine rings is 1. The highest BCUT2D eigenvalue weighted by Crippen LogP contribution is 2.12. The summed E-state index contributed by atoms with van der Waals surface area (Å²) >= 11 is 0. The maximum atomic E-state index is 12.0. The number of hydrogen-bond acceptors (Lipinski definition) is 3. The largest absolute Gasteiger partial charge is 0.477 e. The van der Waals surface area contributed by atoms with Gasteiger partial charge in [-0.15, -0.1) is 0 Å². The fraction of sp³-hybridized carbons (Fsp3) is 0.0714. The molecule has 0 bridgehead atoms. The second-order valence-corrected chi connectivity index (χ2v) is 4.00. The van der Waals surface area contributed by atoms with Gasteiger partial charge in [0, 0.05) is 17.4 Å². The Bertz CT molecular complexity index is 638. The highest BCUT2D eigenvalue weighted by molar-refractivity contribution is 6.05. The lowest BCUT2D eigenvalue weighted by molar-refractivity contribution is 0.0690. The van der Waals surface area contributed by atoms with Crippen molar-refractivity contribution in [1.29, 1.82) is 0 Å². The number of carbonyl (C=O) groups is 2. The van der Waals surface area contributed by atoms with E-state index >= 15 is 0 Å². The second kappa shape index (κ2) is 5.30. The molecule has 5 nitrogen and oxygen atoms in total. The quantitative estimate of drug-likeness (QED) is 0.883. The molecule has 2 rings (SSSR count). The average molecular weight is 256 g/mol. The summed E-state index contributed by atoms with van der Waals surface area (Å²) in [6, 6.07) is 10.0. The third-order valence-electron chi connectivity index (χ3n) is 2.63. The predicted octanol–water partition coefficient (Wildman–Crippen LogP) is 2.34. The molecule has 1 aromatic carbocycles. The minimum Gasteiger partial charge on any atom is -0.477 e. The van der Waals surface area contributed by atoms with Crippen molar-refractivity contribution in [3.8, 4) is 0 Å². The molecule has 0 saturated heterocycles. The van der Waals surface area contributed by atoms with Crippen LogP contribution in [-0.4, -0.2) is 22.0 Å². The van der Waals surface area contributed by atoms with Crippen molar-refractivity contribution >= 4 is 17.6 Å². The fourth-order valence-corrected chi connectivity index (χ4v) is 1.65. The third kappa shape index (κ3) is 2.95. The monoisotopic (exact) mass is 256 g/mol. The van der Waals surface area contributed by atoms with Gasteiger partial charge in [0.1, 0.15) is 5.69 Å². The number of nitrogens with one attached hydrogen (secondary N) is 1. The molecule has 0 aliphatic heterocycles. The number of aryl methyl sites for hydroxylation is 1. The lowest BCUT2D eigenvalue weighted by Gasteiger charge is -2.07. The van der Waals surface area contributed by atoms with Crippen LogP contribution in [0.15, 0.2) is 42.6 Å². The highest BCUT2D eigenvalue weighted by Gasteiger charge is 2.10. The van der Waals surface area contributed by atoms with Crippen molar-refractivity contribution in [3.05, 3.63) is 59.4 Å². The number of carboxylic acid groups (broad SMARTS) is 1. The molecule has 0 aliphatic rings. The van der Waals surface area contributed by atoms with Crippen LogP contribution in [0.1, 0.15) is 26.4 Å². The number of carbonyl (C=O) groups excluding carboxylic acids is 1. The number of nitrogens with zero attached hydrogens (tertiary/aromatic N) is 1. The minimum absolute atomic E-state index is 0.109. The predicted molar refractivity (Wildman–Crippen MR) is 70.3 cm³/mol. The topological polar surface area (TPSA) is 79.3 Å². The Balaban J connectivity index is 2.22. The van der Waals surface area contributed by atoms with E-state index in [0.717, 1.165) is 5.56 Å². The Hall–Kier alpha value is -2.69. The lowest BCUT2D eigenvalue weighted by atomic mass is 10.1. The van der Waals surface area contributed by atoms with E-state index in [1.807, 2.05) is 19.1 Å². The lowest BCUT2D eigenvalue weighted by Crippen LogP contribution is -2.14. The van der Waals surface area contributed by atoms with Crippen LogP contribution < -0.4 is 5.32 Å². The fourth-order valence-electron chi connectivity index (χ4n) is 1.65. The van der Waals surface area contributed by atoms with Gasteiger partial charge in [0.2, 0.25) is 0 Å². The summed E-state index contributed by atoms with van der Waals surface area (Å²) < 4.78 is 0. The molecule has 0 saturated carbocycles. The van der Waals surface area contributed by atoms with E-state index in [1.165, 1.54) is 12.3 Å². The normalized spacial score (nSPS) is 9.95. The van der Waals surface area contributed by atoms with Gasteiger partial charge < -0.3 is 10.4 Å². The van der Waals surface area contributed by atoms with Gasteiger partial charge in [0.05, 0.1) is 0 Å². The molecule has 1 amide bonds. The summed E-state index contributed by atoms with van der Waals surface area (Å²) in [6.45, 7) is 1.84. The molecular formula is C14H12N2O3. The van der Waals surface area contributed by atoms with Crippen molar-refractivity contribution in [1.82, 2.24) is 4.98 Å². The first-order valence-electron chi connectivity index (χ1n) is 5.64. The van der Waals surface area contributed by atoms with E-state index in [9.17, 15) is 9.59 Å². The van der Waals surface area contributed by atoms with Crippen molar-refractivity contribution < 1.29 is 14.7 Å². The number of anilines is 1. The Kier molecular flexibility index (Phi) is 3.56. The van der Waals surface area contributed by atoms with Crippen LogP contribution in [0.25, 0.3) is 0 Å². The summed E-state index contributed by atoms with van der Waals surface area (Å²) in [4.78, 5) is 26.5. The van der Waals surface area contributed by atoms with Gasteiger partial charge in [0.15, 0.2) is 0 Å². The van der Waals surface area contributed by atoms with Gasteiger partial charge in [-0.3, -0.25) is 4.79 Å². The standard InChI is InChI=1S/C14H12N2O3/c1-9-4-2-3-5-11(9)13(17)16-10-6-7-15-12(8-10)14(18)19/h2-8H,1H3,(H,18,19)(H,15,16,17). The molecule has 5 heteroatoms. The minimum atomic E-state index is -1.13. The molecule has 2 N–H and O–H groups in total. The van der Waals surface area contributed by atoms with E-state index in [-0.39, 0.29) is 11.6 Å². The van der Waals surface area contributed by atoms with Crippen LogP contribution in [0.3, 0.4) is 0 Å². The summed E-state index contributed by atoms with van der Waals surface area (Å²) in [5.41, 5.74) is 1.70. The second-order valence-electron chi connectivity index (χ2n) is 4.00. The van der Waals surface area contributed by atoms with Crippen LogP contribution in [-0.2, 0) is 0 Å². The summed E-state index contributed by atoms with van der Waals surface area (Å²) in [7, 11) is 0. The molecule has 1 heterocycles. The van der Waals surface area contributed by atoms with E-state index in [4.69, 9.17) is 5.11 Å². The number of aromatic nitrogens is 1. The van der Waals surface area contributed by atoms with E-state index < -0.39 is 5.97 Å². The molecule has 2 aromatic rings. The van der Waals surface area contributed by atoms with Gasteiger partial charge >= 0.3 is 5.97 Å².